The number of carboxylic acid groups (broad SMARTS) is 1. The van der Waals surface area contributed by atoms with Gasteiger partial charge < -0.3 is 20.4 Å². The number of nitrogens with one attached hydrogen (secondary N) is 1. The largest absolute Gasteiger partial charge is 0.512 e. The van der Waals surface area contributed by atoms with Gasteiger partial charge in [-0.25, -0.2) is 8.78 Å². The van der Waals surface area contributed by atoms with Gasteiger partial charge in [-0.15, -0.1) is 0 Å². The Balaban J connectivity index is 2.40. The molecule has 190 valence electrons. The smallest absolute Gasteiger partial charge is 0.322 e. The number of carbonyl (C=O) groups excluding carboxylic acids is 2. The maximum atomic E-state index is 13.8. The van der Waals surface area contributed by atoms with Crippen LogP contribution in [0.5, 0.6) is 0 Å². The molecular weight excluding hydrogens is 482 g/mol. The SMILES string of the molecule is C=N/C(=C\N=CCN(C=O)CCCSCC/C(O)=C(\C)C(=O)NCC(=O)O)c1cc(F)ccc1F. The summed E-state index contributed by atoms with van der Waals surface area (Å²) >= 11 is 1.53. The van der Waals surface area contributed by atoms with Gasteiger partial charge in [-0.3, -0.25) is 24.4 Å². The molecule has 3 N–H and O–H groups in total. The quantitative estimate of drug-likeness (QED) is 0.103. The van der Waals surface area contributed by atoms with Crippen LogP contribution in [0.25, 0.3) is 5.70 Å². The molecule has 0 bridgehead atoms. The molecular formula is C23H28F2N4O5S. The number of rotatable bonds is 16. The minimum absolute atomic E-state index is 0.0548. The molecule has 0 aliphatic carbocycles. The van der Waals surface area contributed by atoms with Crippen molar-refractivity contribution in [3.63, 3.8) is 0 Å². The Morgan fingerprint density at radius 3 is 2.66 bits per heavy atom. The van der Waals surface area contributed by atoms with Gasteiger partial charge in [-0.2, -0.15) is 11.8 Å². The lowest BCUT2D eigenvalue weighted by molar-refractivity contribution is -0.137. The second-order valence-electron chi connectivity index (χ2n) is 7.09. The van der Waals surface area contributed by atoms with E-state index in [2.05, 4.69) is 22.0 Å². The monoisotopic (exact) mass is 510 g/mol. The van der Waals surface area contributed by atoms with Crippen LogP contribution in [-0.2, 0) is 14.4 Å². The minimum atomic E-state index is -1.17. The van der Waals surface area contributed by atoms with Crippen LogP contribution < -0.4 is 5.32 Å². The molecule has 2 amide bonds. The Kier molecular flexibility index (Phi) is 13.6. The van der Waals surface area contributed by atoms with Crippen molar-refractivity contribution in [2.45, 2.75) is 19.8 Å². The van der Waals surface area contributed by atoms with Crippen molar-refractivity contribution < 1.29 is 33.4 Å². The number of hydrogen-bond acceptors (Lipinski definition) is 7. The number of benzene rings is 1. The van der Waals surface area contributed by atoms with Gasteiger partial charge in [0, 0.05) is 30.5 Å². The first-order chi connectivity index (χ1) is 16.7. The van der Waals surface area contributed by atoms with Crippen molar-refractivity contribution in [3.8, 4) is 0 Å². The Hall–Kier alpha value is -3.54. The second-order valence-corrected chi connectivity index (χ2v) is 8.32. The number of allylic oxidation sites excluding steroid dienone is 1. The van der Waals surface area contributed by atoms with Crippen LogP contribution in [0, 0.1) is 11.6 Å². The fourth-order valence-corrected chi connectivity index (χ4v) is 3.47. The van der Waals surface area contributed by atoms with Crippen LogP contribution in [0.2, 0.25) is 0 Å². The first kappa shape index (κ1) is 29.5. The highest BCUT2D eigenvalue weighted by Crippen LogP contribution is 2.20. The Labute approximate surface area is 206 Å². The molecule has 0 heterocycles. The Bertz CT molecular complexity index is 998. The molecule has 1 rings (SSSR count). The summed E-state index contributed by atoms with van der Waals surface area (Å²) in [5, 5.41) is 20.7. The number of nitrogens with zero attached hydrogens (tertiary/aromatic N) is 3. The van der Waals surface area contributed by atoms with Crippen molar-refractivity contribution in [3.05, 3.63) is 52.9 Å². The van der Waals surface area contributed by atoms with E-state index in [9.17, 15) is 28.3 Å². The molecule has 9 nitrogen and oxygen atoms in total. The molecule has 0 aliphatic rings. The number of aliphatic hydroxyl groups is 1. The molecule has 35 heavy (non-hydrogen) atoms. The summed E-state index contributed by atoms with van der Waals surface area (Å²) in [5.74, 6) is -1.96. The summed E-state index contributed by atoms with van der Waals surface area (Å²) in [5.41, 5.74) is 0.0554. The van der Waals surface area contributed by atoms with Gasteiger partial charge in [0.2, 0.25) is 6.41 Å². The second kappa shape index (κ2) is 16.1. The number of hydrogen-bond donors (Lipinski definition) is 3. The maximum absolute atomic E-state index is 13.8. The van der Waals surface area contributed by atoms with E-state index >= 15 is 0 Å². The van der Waals surface area contributed by atoms with Crippen molar-refractivity contribution >= 4 is 48.7 Å². The molecule has 0 saturated heterocycles. The van der Waals surface area contributed by atoms with Crippen LogP contribution in [0.4, 0.5) is 8.78 Å². The van der Waals surface area contributed by atoms with Gasteiger partial charge in [0.1, 0.15) is 23.9 Å². The number of amides is 2. The normalized spacial score (nSPS) is 12.3. The zero-order valence-corrected chi connectivity index (χ0v) is 20.1. The van der Waals surface area contributed by atoms with E-state index in [4.69, 9.17) is 5.11 Å². The van der Waals surface area contributed by atoms with Crippen LogP contribution in [0.3, 0.4) is 0 Å². The predicted molar refractivity (Wildman–Crippen MR) is 133 cm³/mol. The number of carboxylic acids is 1. The first-order valence-corrected chi connectivity index (χ1v) is 11.6. The van der Waals surface area contributed by atoms with Crippen LogP contribution in [0.15, 0.2) is 45.7 Å². The number of aliphatic hydroxyl groups excluding tert-OH is 1. The maximum Gasteiger partial charge on any atom is 0.322 e. The van der Waals surface area contributed by atoms with E-state index in [1.165, 1.54) is 36.0 Å². The van der Waals surface area contributed by atoms with E-state index in [1.807, 2.05) is 0 Å². The molecule has 0 aromatic heterocycles. The molecule has 0 saturated carbocycles. The Morgan fingerprint density at radius 1 is 1.26 bits per heavy atom. The summed E-state index contributed by atoms with van der Waals surface area (Å²) in [7, 11) is 0. The third-order valence-electron chi connectivity index (χ3n) is 4.53. The van der Waals surface area contributed by atoms with Gasteiger partial charge >= 0.3 is 5.97 Å². The number of carbonyl (C=O) groups is 3. The number of thioether (sulfide) groups is 1. The van der Waals surface area contributed by atoms with Crippen LogP contribution in [-0.4, -0.2) is 77.5 Å². The van der Waals surface area contributed by atoms with E-state index in [0.717, 1.165) is 18.2 Å². The lowest BCUT2D eigenvalue weighted by atomic mass is 10.1. The number of halogens is 2. The minimum Gasteiger partial charge on any atom is -0.512 e. The van der Waals surface area contributed by atoms with Gasteiger partial charge in [0.05, 0.1) is 24.0 Å². The highest BCUT2D eigenvalue weighted by Gasteiger charge is 2.11. The van der Waals surface area contributed by atoms with Gasteiger partial charge in [0.25, 0.3) is 5.91 Å². The third kappa shape index (κ3) is 11.4. The number of aliphatic imine (C=N–C) groups is 2. The average molecular weight is 511 g/mol. The first-order valence-electron chi connectivity index (χ1n) is 10.5. The molecule has 0 atom stereocenters. The highest BCUT2D eigenvalue weighted by molar-refractivity contribution is 7.99. The summed E-state index contributed by atoms with van der Waals surface area (Å²) < 4.78 is 27.2. The third-order valence-corrected chi connectivity index (χ3v) is 5.60. The summed E-state index contributed by atoms with van der Waals surface area (Å²) in [4.78, 5) is 42.6. The van der Waals surface area contributed by atoms with Crippen molar-refractivity contribution in [1.29, 1.82) is 0 Å². The Morgan fingerprint density at radius 2 is 2.00 bits per heavy atom. The molecule has 1 aromatic rings. The fraction of sp³-hybridized carbons (Fsp3) is 0.348. The van der Waals surface area contributed by atoms with Crippen molar-refractivity contribution in [2.24, 2.45) is 9.98 Å². The summed E-state index contributed by atoms with van der Waals surface area (Å²) in [6.07, 6.45) is 4.26. The molecule has 0 aliphatic heterocycles. The van der Waals surface area contributed by atoms with E-state index in [0.29, 0.717) is 30.9 Å². The molecule has 0 fully saturated rings. The standard InChI is InChI=1S/C23H28F2N4O5S/c1-16(23(34)28-14-22(32)33)21(31)6-11-35-10-3-8-29(15-30)9-7-27-13-20(26-2)18-12-17(24)4-5-19(18)25/h4-5,7,12-13,15,31H,2-3,6,8-11,14H2,1H3,(H,28,34)(H,32,33)/b20-13-,21-16-,27-7?. The van der Waals surface area contributed by atoms with Crippen molar-refractivity contribution in [1.82, 2.24) is 10.2 Å². The average Bonchev–Trinajstić information content (AvgIpc) is 2.84. The molecule has 1 aromatic carbocycles. The lowest BCUT2D eigenvalue weighted by Crippen LogP contribution is -2.30. The molecule has 0 spiro atoms. The lowest BCUT2D eigenvalue weighted by Gasteiger charge is -2.14. The van der Waals surface area contributed by atoms with Gasteiger partial charge in [0.15, 0.2) is 0 Å². The summed E-state index contributed by atoms with van der Waals surface area (Å²) in [6, 6.07) is 2.97. The zero-order chi connectivity index (χ0) is 26.2. The van der Waals surface area contributed by atoms with E-state index in [-0.39, 0.29) is 35.6 Å². The highest BCUT2D eigenvalue weighted by atomic mass is 32.2. The van der Waals surface area contributed by atoms with Gasteiger partial charge in [-0.1, -0.05) is 0 Å². The molecule has 0 radical (unpaired) electrons. The fourth-order valence-electron chi connectivity index (χ4n) is 2.60. The zero-order valence-electron chi connectivity index (χ0n) is 19.2. The summed E-state index contributed by atoms with van der Waals surface area (Å²) in [6.45, 7) is 4.89. The van der Waals surface area contributed by atoms with Gasteiger partial charge in [-0.05, 0) is 44.0 Å². The van der Waals surface area contributed by atoms with E-state index in [1.54, 1.807) is 0 Å². The van der Waals surface area contributed by atoms with Crippen molar-refractivity contribution in [2.75, 3.05) is 31.1 Å². The van der Waals surface area contributed by atoms with Crippen LogP contribution >= 0.6 is 11.8 Å². The molecule has 12 heteroatoms. The topological polar surface area (TPSA) is 132 Å². The molecule has 0 unspecified atom stereocenters. The van der Waals surface area contributed by atoms with Crippen LogP contribution in [0.1, 0.15) is 25.3 Å². The number of aliphatic carboxylic acids is 1. The predicted octanol–water partition coefficient (Wildman–Crippen LogP) is 3.04. The van der Waals surface area contributed by atoms with E-state index < -0.39 is 30.1 Å².